The molecule has 3 aliphatic heterocycles. The number of carboxylic acid groups (broad SMARTS) is 1. The maximum atomic E-state index is 13.4. The zero-order valence-electron chi connectivity index (χ0n) is 40.6. The van der Waals surface area contributed by atoms with Crippen LogP contribution >= 0.6 is 21.6 Å². The molecule has 0 spiro atoms. The van der Waals surface area contributed by atoms with Crippen molar-refractivity contribution < 1.29 is 53.2 Å². The molecule has 0 radical (unpaired) electrons. The van der Waals surface area contributed by atoms with Crippen molar-refractivity contribution in [2.45, 2.75) is 98.6 Å². The molecule has 5 heterocycles. The van der Waals surface area contributed by atoms with Crippen LogP contribution in [-0.4, -0.2) is 137 Å². The summed E-state index contributed by atoms with van der Waals surface area (Å²) in [4.78, 5) is 92.6. The second-order valence-corrected chi connectivity index (χ2v) is 20.1. The number of allylic oxidation sites excluding steroid dienone is 1. The summed E-state index contributed by atoms with van der Waals surface area (Å²) in [7, 11) is 3.85. The maximum absolute atomic E-state index is 13.4. The van der Waals surface area contributed by atoms with Gasteiger partial charge in [0.15, 0.2) is 5.78 Å². The topological polar surface area (TPSA) is 275 Å². The van der Waals surface area contributed by atoms with E-state index in [-0.39, 0.29) is 73.9 Å². The average Bonchev–Trinajstić information content (AvgIpc) is 4.02. The lowest BCUT2D eigenvalue weighted by Gasteiger charge is -2.21. The molecule has 6 atom stereocenters. The fourth-order valence-electron chi connectivity index (χ4n) is 9.21. The first-order valence-corrected chi connectivity index (χ1v) is 26.0. The zero-order chi connectivity index (χ0) is 50.2. The minimum atomic E-state index is -1.15. The fourth-order valence-corrected chi connectivity index (χ4v) is 11.2. The van der Waals surface area contributed by atoms with E-state index < -0.39 is 35.9 Å². The number of ketones is 1. The molecule has 5 rings (SSSR count). The van der Waals surface area contributed by atoms with Crippen LogP contribution in [-0.2, 0) is 46.2 Å². The Morgan fingerprint density at radius 3 is 2.43 bits per heavy atom. The summed E-state index contributed by atoms with van der Waals surface area (Å²) in [5.41, 5.74) is 11.9. The third-order valence-electron chi connectivity index (χ3n) is 12.7. The van der Waals surface area contributed by atoms with Crippen LogP contribution in [0.5, 0.6) is 0 Å². The minimum Gasteiger partial charge on any atom is -0.480 e. The number of aromatic nitrogens is 2. The second kappa shape index (κ2) is 26.7. The molecule has 19 nitrogen and oxygen atoms in total. The van der Waals surface area contributed by atoms with Gasteiger partial charge in [0.25, 0.3) is 0 Å². The number of carbonyl (C=O) groups is 6. The molecule has 3 aliphatic rings. The predicted octanol–water partition coefficient (Wildman–Crippen LogP) is 3.18. The van der Waals surface area contributed by atoms with Gasteiger partial charge >= 0.3 is 18.0 Å². The van der Waals surface area contributed by atoms with Crippen molar-refractivity contribution in [1.29, 1.82) is 0 Å². The van der Waals surface area contributed by atoms with Gasteiger partial charge in [-0.05, 0) is 74.9 Å². The van der Waals surface area contributed by atoms with Crippen LogP contribution < -0.4 is 32.2 Å². The molecule has 3 amide bonds. The first kappa shape index (κ1) is 54.7. The summed E-state index contributed by atoms with van der Waals surface area (Å²) in [5, 5.41) is 25.6. The number of aromatic amines is 2. The van der Waals surface area contributed by atoms with Crippen LogP contribution in [0.2, 0.25) is 0 Å². The lowest BCUT2D eigenvalue weighted by Crippen LogP contribution is -2.42. The summed E-state index contributed by atoms with van der Waals surface area (Å²) < 4.78 is 15.9. The van der Waals surface area contributed by atoms with Crippen molar-refractivity contribution in [3.05, 3.63) is 50.5 Å². The number of aliphatic imine (C=N–C) groups is 2. The molecule has 8 N–H and O–H groups in total. The lowest BCUT2D eigenvalue weighted by atomic mass is 9.83. The van der Waals surface area contributed by atoms with Gasteiger partial charge in [-0.25, -0.2) is 15.0 Å². The Bertz CT molecular complexity index is 2410. The lowest BCUT2D eigenvalue weighted by molar-refractivity contribution is -0.141. The Kier molecular flexibility index (Phi) is 21.2. The van der Waals surface area contributed by atoms with Gasteiger partial charge in [-0.2, -0.15) is 0 Å². The molecule has 21 heteroatoms. The number of nitrogens with one attached hydrogen (secondary N) is 6. The minimum absolute atomic E-state index is 0.00833. The van der Waals surface area contributed by atoms with Gasteiger partial charge < -0.3 is 45.0 Å². The summed E-state index contributed by atoms with van der Waals surface area (Å²) in [5.74, 6) is -2.11. The van der Waals surface area contributed by atoms with Gasteiger partial charge in [0.05, 0.1) is 50.4 Å². The summed E-state index contributed by atoms with van der Waals surface area (Å²) in [6.07, 6.45) is 6.17. The quantitative estimate of drug-likeness (QED) is 0.0247. The molecule has 0 saturated heterocycles. The molecular formula is C48H68N8O11S2. The molecule has 69 heavy (non-hydrogen) atoms. The second-order valence-electron chi connectivity index (χ2n) is 17.5. The van der Waals surface area contributed by atoms with E-state index in [0.29, 0.717) is 73.3 Å². The number of rotatable bonds is 24. The van der Waals surface area contributed by atoms with E-state index in [2.05, 4.69) is 58.3 Å². The highest BCUT2D eigenvalue weighted by atomic mass is 33.1. The van der Waals surface area contributed by atoms with Crippen molar-refractivity contribution in [3.63, 3.8) is 0 Å². The van der Waals surface area contributed by atoms with Crippen LogP contribution in [0.4, 0.5) is 4.79 Å². The number of hydrazine groups is 1. The number of nitrogens with zero attached hydrogens (tertiary/aromatic N) is 2. The van der Waals surface area contributed by atoms with Gasteiger partial charge in [0.2, 0.25) is 11.8 Å². The Morgan fingerprint density at radius 1 is 0.971 bits per heavy atom. The summed E-state index contributed by atoms with van der Waals surface area (Å²) in [6, 6.07) is 1.08. The van der Waals surface area contributed by atoms with Crippen LogP contribution in [0.25, 0.3) is 17.7 Å². The number of methoxy groups -OCH3 is 1. The van der Waals surface area contributed by atoms with E-state index in [9.17, 15) is 33.9 Å². The van der Waals surface area contributed by atoms with Crippen molar-refractivity contribution in [3.8, 4) is 0 Å². The highest BCUT2D eigenvalue weighted by Crippen LogP contribution is 2.42. The van der Waals surface area contributed by atoms with E-state index in [1.54, 1.807) is 6.92 Å². The maximum Gasteiger partial charge on any atom is 0.426 e. The van der Waals surface area contributed by atoms with Crippen LogP contribution in [0.3, 0.4) is 0 Å². The molecule has 1 unspecified atom stereocenters. The van der Waals surface area contributed by atoms with Crippen LogP contribution in [0.1, 0.15) is 99.6 Å². The number of esters is 1. The number of fused-ring (bicyclic) bond motifs is 6. The number of aliphatic hydroxyl groups is 1. The average molecular weight is 997 g/mol. The molecule has 0 aliphatic carbocycles. The summed E-state index contributed by atoms with van der Waals surface area (Å²) in [6.45, 7) is 13.0. The number of aliphatic hydroxyl groups excluding tert-OH is 1. The van der Waals surface area contributed by atoms with E-state index >= 15 is 0 Å². The number of aliphatic carboxylic acids is 1. The molecule has 378 valence electrons. The predicted molar refractivity (Wildman–Crippen MR) is 267 cm³/mol. The fraction of sp³-hybridized carbons (Fsp3) is 0.583. The number of amides is 3. The number of H-pyrrole nitrogens is 2. The molecular weight excluding hydrogens is 929 g/mol. The van der Waals surface area contributed by atoms with Crippen molar-refractivity contribution in [2.75, 3.05) is 58.1 Å². The van der Waals surface area contributed by atoms with E-state index in [1.165, 1.54) is 35.6 Å². The van der Waals surface area contributed by atoms with Crippen LogP contribution in [0, 0.1) is 30.6 Å². The van der Waals surface area contributed by atoms with Gasteiger partial charge in [-0.15, -0.1) is 0 Å². The monoisotopic (exact) mass is 996 g/mol. The Balaban J connectivity index is 1.42. The number of carbonyl (C=O) groups excluding carboxylic acids is 5. The SMILES string of the molecule is CC[C@H]1C2Cc3cc(CCNCCOCCO)c([nH]3)/C(CC(=O)OC)=C3N=C(/C=c4\[nH]/c(c(C(C)=O)c4C)=C\C(=N2)[C@@H]1C)[C@@H](C)[C@@H]\3CCCC(=O)NNC(=O)OCCSSC[C@H](NC(C)=O)C(=O)O. The van der Waals surface area contributed by atoms with Gasteiger partial charge in [0, 0.05) is 94.9 Å². The summed E-state index contributed by atoms with van der Waals surface area (Å²) >= 11 is 0. The molecule has 0 fully saturated rings. The van der Waals surface area contributed by atoms with Crippen molar-refractivity contribution >= 4 is 86.4 Å². The highest BCUT2D eigenvalue weighted by Gasteiger charge is 2.37. The highest BCUT2D eigenvalue weighted by molar-refractivity contribution is 8.76. The number of carboxylic acids is 1. The number of hydrogen-bond donors (Lipinski definition) is 8. The molecule has 2 aromatic heterocycles. The first-order chi connectivity index (χ1) is 33.1. The Morgan fingerprint density at radius 2 is 1.74 bits per heavy atom. The molecule has 0 saturated carbocycles. The third kappa shape index (κ3) is 15.1. The van der Waals surface area contributed by atoms with E-state index in [1.807, 2.05) is 19.1 Å². The van der Waals surface area contributed by atoms with Crippen LogP contribution in [0.15, 0.2) is 21.7 Å². The largest absolute Gasteiger partial charge is 0.480 e. The molecule has 0 aromatic carbocycles. The number of Topliss-reactive ketones (excluding diaryl/α,β-unsaturated/α-hetero) is 1. The standard InChI is InChI=1S/C48H68N8O11S2/c1-8-33-26(2)36-24-40-44(29(5)58)28(4)38(53-40)23-37-27(3)34(10-9-11-42(60)55-56-48(64)67-18-19-68-69-25-41(47(62)63)50-30(6)59)46(54-37)35(22-43(61)65-7)45-31(12-13-49-14-16-66-17-15-57)20-32(51-45)21-39(33)52-36/h20,23-24,26-27,33-34,39,41,49,51,53,57H,8-19,21-22,25H2,1-7H3,(H,50,59)(H,55,60)(H,56,64)(H,62,63)/b38-23-,40-24-,46-35-/t26-,27+,33-,34+,39?,41+/m1/s1. The number of ether oxygens (including phenoxy) is 3. The van der Waals surface area contributed by atoms with Gasteiger partial charge in [-0.1, -0.05) is 48.8 Å². The Labute approximate surface area is 410 Å². The van der Waals surface area contributed by atoms with Gasteiger partial charge in [0.1, 0.15) is 12.6 Å². The normalized spacial score (nSPS) is 22.0. The van der Waals surface area contributed by atoms with E-state index in [4.69, 9.17) is 29.3 Å². The zero-order valence-corrected chi connectivity index (χ0v) is 42.2. The number of hydrogen-bond acceptors (Lipinski definition) is 15. The smallest absolute Gasteiger partial charge is 0.426 e. The molecule has 2 aromatic rings. The van der Waals surface area contributed by atoms with Crippen molar-refractivity contribution in [1.82, 2.24) is 31.5 Å². The van der Waals surface area contributed by atoms with Gasteiger partial charge in [-0.3, -0.25) is 34.6 Å². The Hall–Kier alpha value is -5.22. The van der Waals surface area contributed by atoms with Crippen molar-refractivity contribution in [2.24, 2.45) is 33.7 Å². The van der Waals surface area contributed by atoms with E-state index in [0.717, 1.165) is 45.7 Å². The third-order valence-corrected chi connectivity index (χ3v) is 15.1. The molecule has 8 bridgehead atoms. The first-order valence-electron chi connectivity index (χ1n) is 23.5.